The molecule has 0 spiro atoms. The third-order valence-corrected chi connectivity index (χ3v) is 10.8. The van der Waals surface area contributed by atoms with E-state index in [-0.39, 0.29) is 0 Å². The molecular formula is C49H30N4. The third-order valence-electron chi connectivity index (χ3n) is 10.8. The first-order valence-corrected chi connectivity index (χ1v) is 17.9. The second-order valence-corrected chi connectivity index (χ2v) is 13.7. The number of benzene rings is 8. The van der Waals surface area contributed by atoms with Crippen molar-refractivity contribution in [2.24, 2.45) is 0 Å². The highest BCUT2D eigenvalue weighted by molar-refractivity contribution is 6.19. The van der Waals surface area contributed by atoms with Crippen LogP contribution < -0.4 is 0 Å². The van der Waals surface area contributed by atoms with E-state index < -0.39 is 0 Å². The number of aromatic nitrogens is 3. The highest BCUT2D eigenvalue weighted by Gasteiger charge is 2.19. The van der Waals surface area contributed by atoms with Crippen molar-refractivity contribution in [3.8, 4) is 34.3 Å². The lowest BCUT2D eigenvalue weighted by Gasteiger charge is -2.14. The van der Waals surface area contributed by atoms with Crippen LogP contribution in [0.3, 0.4) is 0 Å². The summed E-state index contributed by atoms with van der Waals surface area (Å²) in [5.74, 6) is 0. The second kappa shape index (κ2) is 11.3. The number of nitriles is 1. The smallest absolute Gasteiger partial charge is 0.0992 e. The van der Waals surface area contributed by atoms with E-state index in [1.54, 1.807) is 0 Å². The van der Waals surface area contributed by atoms with Crippen LogP contribution in [0.15, 0.2) is 182 Å². The molecule has 0 radical (unpaired) electrons. The molecular weight excluding hydrogens is 645 g/mol. The van der Waals surface area contributed by atoms with Crippen molar-refractivity contribution >= 4 is 65.4 Å². The molecule has 0 N–H and O–H groups in total. The minimum Gasteiger partial charge on any atom is -0.309 e. The van der Waals surface area contributed by atoms with Gasteiger partial charge in [-0.1, -0.05) is 103 Å². The van der Waals surface area contributed by atoms with E-state index in [4.69, 9.17) is 0 Å². The molecule has 246 valence electrons. The molecule has 0 saturated carbocycles. The molecule has 3 aromatic heterocycles. The fraction of sp³-hybridized carbons (Fsp3) is 0. The van der Waals surface area contributed by atoms with Gasteiger partial charge in [-0.3, -0.25) is 0 Å². The van der Waals surface area contributed by atoms with E-state index in [9.17, 15) is 5.26 Å². The van der Waals surface area contributed by atoms with Gasteiger partial charge in [0.15, 0.2) is 0 Å². The minimum atomic E-state index is 0.623. The molecule has 11 rings (SSSR count). The topological polar surface area (TPSA) is 38.6 Å². The SMILES string of the molecule is N#Cc1cc(-c2cccc(-n3c4ccccc4c4cc5c6ccccc6n(-c6ccccc6)c5cc43)c2)cc(-n2c3ccccc3c3ccccc32)c1. The standard InChI is InChI=1S/C49H30N4/c50-31-32-25-34(28-37(26-32)53-44-21-8-4-17-38(44)39-18-5-9-22-45(39)53)33-13-12-16-36(27-33)52-47-24-11-7-20-41(47)43-29-42-40-19-6-10-23-46(40)51(48(42)30-49(43)52)35-14-2-1-3-15-35/h1-30H. The maximum absolute atomic E-state index is 10.3. The lowest BCUT2D eigenvalue weighted by molar-refractivity contribution is 1.16. The van der Waals surface area contributed by atoms with Crippen molar-refractivity contribution in [3.63, 3.8) is 0 Å². The summed E-state index contributed by atoms with van der Waals surface area (Å²) in [6.07, 6.45) is 0. The van der Waals surface area contributed by atoms with Gasteiger partial charge in [-0.2, -0.15) is 5.26 Å². The highest BCUT2D eigenvalue weighted by atomic mass is 15.0. The minimum absolute atomic E-state index is 0.623. The summed E-state index contributed by atoms with van der Waals surface area (Å²) >= 11 is 0. The molecule has 0 amide bonds. The summed E-state index contributed by atoms with van der Waals surface area (Å²) in [5, 5.41) is 17.6. The van der Waals surface area contributed by atoms with Crippen LogP contribution in [0.2, 0.25) is 0 Å². The van der Waals surface area contributed by atoms with Crippen LogP contribution in [-0.2, 0) is 0 Å². The van der Waals surface area contributed by atoms with Crippen molar-refractivity contribution in [2.75, 3.05) is 0 Å². The van der Waals surface area contributed by atoms with Gasteiger partial charge in [-0.15, -0.1) is 0 Å². The molecule has 0 unspecified atom stereocenters. The van der Waals surface area contributed by atoms with Gasteiger partial charge in [0.2, 0.25) is 0 Å². The van der Waals surface area contributed by atoms with Gasteiger partial charge < -0.3 is 13.7 Å². The number of nitrogens with zero attached hydrogens (tertiary/aromatic N) is 4. The summed E-state index contributed by atoms with van der Waals surface area (Å²) in [5.41, 5.74) is 12.7. The Kier molecular flexibility index (Phi) is 6.28. The van der Waals surface area contributed by atoms with Crippen LogP contribution >= 0.6 is 0 Å². The Balaban J connectivity index is 1.15. The number of para-hydroxylation sites is 5. The van der Waals surface area contributed by atoms with Crippen LogP contribution in [0.1, 0.15) is 5.56 Å². The fourth-order valence-electron chi connectivity index (χ4n) is 8.56. The van der Waals surface area contributed by atoms with Gasteiger partial charge in [0.05, 0.1) is 44.7 Å². The van der Waals surface area contributed by atoms with Crippen LogP contribution in [0, 0.1) is 11.3 Å². The number of rotatable bonds is 4. The first-order valence-electron chi connectivity index (χ1n) is 17.9. The predicted octanol–water partition coefficient (Wildman–Crippen LogP) is 12.5. The summed E-state index contributed by atoms with van der Waals surface area (Å²) in [7, 11) is 0. The van der Waals surface area contributed by atoms with Gasteiger partial charge in [0.1, 0.15) is 0 Å². The zero-order valence-corrected chi connectivity index (χ0v) is 28.6. The van der Waals surface area contributed by atoms with Crippen LogP contribution in [0.5, 0.6) is 0 Å². The van der Waals surface area contributed by atoms with Gasteiger partial charge in [-0.05, 0) is 90.0 Å². The number of fused-ring (bicyclic) bond motifs is 9. The summed E-state index contributed by atoms with van der Waals surface area (Å²) in [6.45, 7) is 0. The molecule has 0 atom stereocenters. The molecule has 3 heterocycles. The van der Waals surface area contributed by atoms with Crippen LogP contribution in [-0.4, -0.2) is 13.7 Å². The first kappa shape index (κ1) is 29.4. The van der Waals surface area contributed by atoms with E-state index in [1.807, 2.05) is 12.1 Å². The molecule has 0 bridgehead atoms. The molecule has 4 heteroatoms. The summed E-state index contributed by atoms with van der Waals surface area (Å²) in [6, 6.07) is 67.1. The summed E-state index contributed by atoms with van der Waals surface area (Å²) < 4.78 is 7.05. The third kappa shape index (κ3) is 4.35. The highest BCUT2D eigenvalue weighted by Crippen LogP contribution is 2.40. The average Bonchev–Trinajstić information content (AvgIpc) is 3.85. The Bertz CT molecular complexity index is 3240. The molecule has 0 aliphatic rings. The summed E-state index contributed by atoms with van der Waals surface area (Å²) in [4.78, 5) is 0. The molecule has 11 aromatic rings. The van der Waals surface area contributed by atoms with Gasteiger partial charge in [0, 0.05) is 49.4 Å². The maximum atomic E-state index is 10.3. The molecule has 0 aliphatic carbocycles. The molecule has 0 aliphatic heterocycles. The van der Waals surface area contributed by atoms with E-state index in [0.29, 0.717) is 5.56 Å². The molecule has 0 saturated heterocycles. The second-order valence-electron chi connectivity index (χ2n) is 13.7. The lowest BCUT2D eigenvalue weighted by atomic mass is 10.0. The zero-order valence-electron chi connectivity index (χ0n) is 28.6. The molecule has 8 aromatic carbocycles. The van der Waals surface area contributed by atoms with E-state index >= 15 is 0 Å². The van der Waals surface area contributed by atoms with E-state index in [0.717, 1.165) is 50.3 Å². The fourth-order valence-corrected chi connectivity index (χ4v) is 8.56. The molecule has 4 nitrogen and oxygen atoms in total. The number of hydrogen-bond donors (Lipinski definition) is 0. The molecule has 53 heavy (non-hydrogen) atoms. The van der Waals surface area contributed by atoms with Gasteiger partial charge >= 0.3 is 0 Å². The van der Waals surface area contributed by atoms with Crippen molar-refractivity contribution in [2.45, 2.75) is 0 Å². The van der Waals surface area contributed by atoms with Crippen molar-refractivity contribution in [1.82, 2.24) is 13.7 Å². The largest absolute Gasteiger partial charge is 0.309 e. The quantitative estimate of drug-likeness (QED) is 0.183. The van der Waals surface area contributed by atoms with Gasteiger partial charge in [0.25, 0.3) is 0 Å². The Morgan fingerprint density at radius 1 is 0.302 bits per heavy atom. The number of hydrogen-bond acceptors (Lipinski definition) is 1. The average molecular weight is 675 g/mol. The maximum Gasteiger partial charge on any atom is 0.0992 e. The lowest BCUT2D eigenvalue weighted by Crippen LogP contribution is -1.97. The van der Waals surface area contributed by atoms with Gasteiger partial charge in [-0.25, -0.2) is 0 Å². The first-order chi connectivity index (χ1) is 26.2. The monoisotopic (exact) mass is 674 g/mol. The predicted molar refractivity (Wildman–Crippen MR) is 220 cm³/mol. The van der Waals surface area contributed by atoms with Crippen molar-refractivity contribution in [1.29, 1.82) is 5.26 Å². The normalized spacial score (nSPS) is 11.8. The van der Waals surface area contributed by atoms with Crippen LogP contribution in [0.4, 0.5) is 0 Å². The Hall–Kier alpha value is -7.35. The molecule has 0 fully saturated rings. The van der Waals surface area contributed by atoms with E-state index in [2.05, 4.69) is 190 Å². The Morgan fingerprint density at radius 2 is 0.755 bits per heavy atom. The Morgan fingerprint density at radius 3 is 1.32 bits per heavy atom. The van der Waals surface area contributed by atoms with Crippen LogP contribution in [0.25, 0.3) is 93.6 Å². The van der Waals surface area contributed by atoms with Crippen molar-refractivity contribution in [3.05, 3.63) is 188 Å². The zero-order chi connectivity index (χ0) is 35.0. The van der Waals surface area contributed by atoms with E-state index in [1.165, 1.54) is 43.4 Å². The Labute approximate surface area is 305 Å². The van der Waals surface area contributed by atoms with Crippen molar-refractivity contribution < 1.29 is 0 Å².